The Labute approximate surface area is 140 Å². The molecule has 3 rings (SSSR count). The fourth-order valence-corrected chi connectivity index (χ4v) is 3.16. The smallest absolute Gasteiger partial charge is 0.354 e. The first kappa shape index (κ1) is 16.1. The van der Waals surface area contributed by atoms with Crippen LogP contribution in [0.3, 0.4) is 0 Å². The van der Waals surface area contributed by atoms with Gasteiger partial charge in [-0.15, -0.1) is 0 Å². The highest BCUT2D eigenvalue weighted by atomic mass is 16.5. The third kappa shape index (κ3) is 2.99. The Balaban J connectivity index is 1.96. The maximum Gasteiger partial charge on any atom is 0.354 e. The molecule has 1 N–H and O–H groups in total. The molecule has 6 nitrogen and oxygen atoms in total. The zero-order chi connectivity index (χ0) is 17.1. The molecule has 2 aromatic rings. The summed E-state index contributed by atoms with van der Waals surface area (Å²) in [5.74, 6) is 1.16. The Morgan fingerprint density at radius 3 is 2.79 bits per heavy atom. The molecule has 1 atom stereocenters. The molecule has 0 amide bonds. The standard InChI is InChI=1S/C18H20N2O4/c1-23-12-8-9-13(16(11-12)24-2)15-6-4-10-20(15)17-7-3-5-14(19-17)18(21)22/h3,5,7-9,11,15H,4,6,10H2,1-2H3,(H,21,22). The van der Waals surface area contributed by atoms with Crippen LogP contribution < -0.4 is 14.4 Å². The third-order valence-corrected chi connectivity index (χ3v) is 4.30. The number of pyridine rings is 1. The summed E-state index contributed by atoms with van der Waals surface area (Å²) in [5, 5.41) is 9.16. The first-order valence-corrected chi connectivity index (χ1v) is 7.83. The maximum absolute atomic E-state index is 11.2. The summed E-state index contributed by atoms with van der Waals surface area (Å²) in [6.45, 7) is 0.829. The maximum atomic E-state index is 11.2. The van der Waals surface area contributed by atoms with E-state index in [0.29, 0.717) is 5.82 Å². The van der Waals surface area contributed by atoms with Crippen LogP contribution in [0.1, 0.15) is 34.9 Å². The molecule has 24 heavy (non-hydrogen) atoms. The van der Waals surface area contributed by atoms with Gasteiger partial charge in [0.2, 0.25) is 0 Å². The molecule has 0 aliphatic carbocycles. The normalized spacial score (nSPS) is 16.9. The summed E-state index contributed by atoms with van der Waals surface area (Å²) < 4.78 is 10.8. The molecule has 6 heteroatoms. The van der Waals surface area contributed by atoms with E-state index in [0.717, 1.165) is 36.4 Å². The lowest BCUT2D eigenvalue weighted by molar-refractivity contribution is 0.0690. The second-order valence-electron chi connectivity index (χ2n) is 5.65. The van der Waals surface area contributed by atoms with Crippen molar-refractivity contribution in [2.75, 3.05) is 25.7 Å². The molecule has 1 saturated heterocycles. The van der Waals surface area contributed by atoms with Gasteiger partial charge in [-0.25, -0.2) is 9.78 Å². The van der Waals surface area contributed by atoms with E-state index in [9.17, 15) is 4.79 Å². The number of aromatic nitrogens is 1. The minimum atomic E-state index is -1.02. The highest BCUT2D eigenvalue weighted by molar-refractivity contribution is 5.85. The number of benzene rings is 1. The number of anilines is 1. The second kappa shape index (κ2) is 6.78. The topological polar surface area (TPSA) is 71.9 Å². The predicted octanol–water partition coefficient (Wildman–Crippen LogP) is 3.14. The van der Waals surface area contributed by atoms with Crippen LogP contribution in [-0.4, -0.2) is 36.8 Å². The van der Waals surface area contributed by atoms with E-state index in [2.05, 4.69) is 9.88 Å². The molecule has 1 aliphatic heterocycles. The molecule has 1 aromatic heterocycles. The average Bonchev–Trinajstić information content (AvgIpc) is 3.10. The monoisotopic (exact) mass is 328 g/mol. The summed E-state index contributed by atoms with van der Waals surface area (Å²) in [5.41, 5.74) is 1.11. The second-order valence-corrected chi connectivity index (χ2v) is 5.65. The molecule has 1 unspecified atom stereocenters. The van der Waals surface area contributed by atoms with E-state index in [1.165, 1.54) is 6.07 Å². The van der Waals surface area contributed by atoms with Gasteiger partial charge in [0.15, 0.2) is 5.69 Å². The highest BCUT2D eigenvalue weighted by Crippen LogP contribution is 2.40. The van der Waals surface area contributed by atoms with E-state index in [4.69, 9.17) is 14.6 Å². The largest absolute Gasteiger partial charge is 0.497 e. The van der Waals surface area contributed by atoms with Crippen LogP contribution in [0.2, 0.25) is 0 Å². The number of carbonyl (C=O) groups is 1. The van der Waals surface area contributed by atoms with Crippen LogP contribution in [0.4, 0.5) is 5.82 Å². The number of hydrogen-bond acceptors (Lipinski definition) is 5. The molecule has 1 aliphatic rings. The quantitative estimate of drug-likeness (QED) is 0.909. The van der Waals surface area contributed by atoms with E-state index < -0.39 is 5.97 Å². The predicted molar refractivity (Wildman–Crippen MR) is 90.1 cm³/mol. The van der Waals surface area contributed by atoms with Crippen molar-refractivity contribution in [3.63, 3.8) is 0 Å². The van der Waals surface area contributed by atoms with Crippen LogP contribution in [0.25, 0.3) is 0 Å². The lowest BCUT2D eigenvalue weighted by atomic mass is 10.0. The van der Waals surface area contributed by atoms with Gasteiger partial charge in [0.1, 0.15) is 17.3 Å². The highest BCUT2D eigenvalue weighted by Gasteiger charge is 2.29. The van der Waals surface area contributed by atoms with Gasteiger partial charge in [-0.05, 0) is 37.1 Å². The Morgan fingerprint density at radius 2 is 2.08 bits per heavy atom. The summed E-state index contributed by atoms with van der Waals surface area (Å²) in [6.07, 6.45) is 1.97. The first-order valence-electron chi connectivity index (χ1n) is 7.83. The van der Waals surface area contributed by atoms with Gasteiger partial charge in [0.25, 0.3) is 0 Å². The van der Waals surface area contributed by atoms with Gasteiger partial charge < -0.3 is 19.5 Å². The Hall–Kier alpha value is -2.76. The number of ether oxygens (including phenoxy) is 2. The fraction of sp³-hybridized carbons (Fsp3) is 0.333. The van der Waals surface area contributed by atoms with Gasteiger partial charge >= 0.3 is 5.97 Å². The molecule has 2 heterocycles. The summed E-state index contributed by atoms with van der Waals surface area (Å²) in [4.78, 5) is 17.6. The summed E-state index contributed by atoms with van der Waals surface area (Å²) in [6, 6.07) is 11.0. The first-order chi connectivity index (χ1) is 11.6. The van der Waals surface area contributed by atoms with Gasteiger partial charge in [0, 0.05) is 18.2 Å². The van der Waals surface area contributed by atoms with Crippen molar-refractivity contribution >= 4 is 11.8 Å². The number of carboxylic acids is 1. The number of carboxylic acid groups (broad SMARTS) is 1. The van der Waals surface area contributed by atoms with Crippen molar-refractivity contribution in [3.8, 4) is 11.5 Å². The van der Waals surface area contributed by atoms with Crippen LogP contribution in [0, 0.1) is 0 Å². The molecule has 0 spiro atoms. The lowest BCUT2D eigenvalue weighted by Gasteiger charge is -2.27. The third-order valence-electron chi connectivity index (χ3n) is 4.30. The van der Waals surface area contributed by atoms with Crippen molar-refractivity contribution in [2.24, 2.45) is 0 Å². The molecule has 1 fully saturated rings. The van der Waals surface area contributed by atoms with Crippen molar-refractivity contribution in [1.82, 2.24) is 4.98 Å². The van der Waals surface area contributed by atoms with E-state index in [1.807, 2.05) is 24.3 Å². The minimum absolute atomic E-state index is 0.0554. The summed E-state index contributed by atoms with van der Waals surface area (Å²) >= 11 is 0. The molecule has 0 saturated carbocycles. The number of methoxy groups -OCH3 is 2. The summed E-state index contributed by atoms with van der Waals surface area (Å²) in [7, 11) is 3.26. The van der Waals surface area contributed by atoms with Crippen molar-refractivity contribution in [2.45, 2.75) is 18.9 Å². The zero-order valence-electron chi connectivity index (χ0n) is 13.7. The average molecular weight is 328 g/mol. The van der Waals surface area contributed by atoms with Crippen LogP contribution in [0.5, 0.6) is 11.5 Å². The van der Waals surface area contributed by atoms with Gasteiger partial charge in [0.05, 0.1) is 20.3 Å². The molecule has 0 bridgehead atoms. The molecule has 1 aromatic carbocycles. The van der Waals surface area contributed by atoms with Crippen LogP contribution >= 0.6 is 0 Å². The van der Waals surface area contributed by atoms with Gasteiger partial charge in [-0.2, -0.15) is 0 Å². The van der Waals surface area contributed by atoms with Crippen molar-refractivity contribution in [1.29, 1.82) is 0 Å². The van der Waals surface area contributed by atoms with Gasteiger partial charge in [-0.3, -0.25) is 0 Å². The Bertz CT molecular complexity index is 748. The van der Waals surface area contributed by atoms with Crippen LogP contribution in [0.15, 0.2) is 36.4 Å². The molecular weight excluding hydrogens is 308 g/mol. The lowest BCUT2D eigenvalue weighted by Crippen LogP contribution is -2.24. The van der Waals surface area contributed by atoms with E-state index in [1.54, 1.807) is 20.3 Å². The molecule has 126 valence electrons. The zero-order valence-corrected chi connectivity index (χ0v) is 13.7. The van der Waals surface area contributed by atoms with Crippen molar-refractivity contribution < 1.29 is 19.4 Å². The van der Waals surface area contributed by atoms with Crippen molar-refractivity contribution in [3.05, 3.63) is 47.7 Å². The molecule has 0 radical (unpaired) electrons. The number of nitrogens with zero attached hydrogens (tertiary/aromatic N) is 2. The number of aromatic carboxylic acids is 1. The Kier molecular flexibility index (Phi) is 4.55. The number of hydrogen-bond donors (Lipinski definition) is 1. The van der Waals surface area contributed by atoms with Crippen LogP contribution in [-0.2, 0) is 0 Å². The molecular formula is C18H20N2O4. The minimum Gasteiger partial charge on any atom is -0.497 e. The number of rotatable bonds is 5. The van der Waals surface area contributed by atoms with E-state index in [-0.39, 0.29) is 11.7 Å². The SMILES string of the molecule is COc1ccc(C2CCCN2c2cccc(C(=O)O)n2)c(OC)c1. The fourth-order valence-electron chi connectivity index (χ4n) is 3.16. The van der Waals surface area contributed by atoms with E-state index >= 15 is 0 Å². The Morgan fingerprint density at radius 1 is 1.25 bits per heavy atom. The van der Waals surface area contributed by atoms with Gasteiger partial charge in [-0.1, -0.05) is 6.07 Å².